The molecule has 1 aromatic carbocycles. The second-order valence-corrected chi connectivity index (χ2v) is 5.56. The van der Waals surface area contributed by atoms with Gasteiger partial charge >= 0.3 is 0 Å². The van der Waals surface area contributed by atoms with E-state index in [0.717, 1.165) is 41.8 Å². The van der Waals surface area contributed by atoms with Crippen molar-refractivity contribution in [3.63, 3.8) is 0 Å². The number of nitrogens with two attached hydrogens (primary N) is 1. The molecule has 110 valence electrons. The van der Waals surface area contributed by atoms with E-state index in [1.165, 1.54) is 19.3 Å². The minimum absolute atomic E-state index is 0.529. The van der Waals surface area contributed by atoms with Crippen molar-refractivity contribution in [1.29, 1.82) is 0 Å². The van der Waals surface area contributed by atoms with Gasteiger partial charge in [0.2, 0.25) is 0 Å². The van der Waals surface area contributed by atoms with E-state index in [-0.39, 0.29) is 0 Å². The fourth-order valence-electron chi connectivity index (χ4n) is 2.14. The van der Waals surface area contributed by atoms with Crippen LogP contribution in [0.1, 0.15) is 24.8 Å². The molecule has 3 N–H and O–H groups in total. The van der Waals surface area contributed by atoms with Crippen molar-refractivity contribution in [2.75, 3.05) is 20.2 Å². The highest BCUT2D eigenvalue weighted by Crippen LogP contribution is 2.26. The monoisotopic (exact) mass is 295 g/mol. The molecular formula is C15H22ClN3O. The Labute approximate surface area is 125 Å². The van der Waals surface area contributed by atoms with Crippen LogP contribution in [0.3, 0.4) is 0 Å². The number of nitrogens with one attached hydrogen (secondary N) is 1. The Balaban J connectivity index is 1.74. The third-order valence-corrected chi connectivity index (χ3v) is 4.06. The van der Waals surface area contributed by atoms with Crippen LogP contribution >= 0.6 is 11.6 Å². The quantitative estimate of drug-likeness (QED) is 0.626. The van der Waals surface area contributed by atoms with E-state index < -0.39 is 0 Å². The SMILES string of the molecule is COc1ccc(CCNC(N)=NCC2CCC2)c(Cl)c1. The van der Waals surface area contributed by atoms with Gasteiger partial charge in [0.15, 0.2) is 5.96 Å². The number of rotatable bonds is 6. The first-order chi connectivity index (χ1) is 9.69. The summed E-state index contributed by atoms with van der Waals surface area (Å²) in [6, 6.07) is 5.71. The van der Waals surface area contributed by atoms with Crippen LogP contribution in [0.2, 0.25) is 5.02 Å². The molecule has 4 nitrogen and oxygen atoms in total. The summed E-state index contributed by atoms with van der Waals surface area (Å²) in [4.78, 5) is 4.36. The molecule has 0 spiro atoms. The minimum atomic E-state index is 0.529. The van der Waals surface area contributed by atoms with E-state index in [4.69, 9.17) is 22.1 Å². The zero-order valence-electron chi connectivity index (χ0n) is 11.9. The third-order valence-electron chi connectivity index (χ3n) is 3.71. The van der Waals surface area contributed by atoms with Crippen LogP contribution in [-0.4, -0.2) is 26.2 Å². The number of methoxy groups -OCH3 is 1. The van der Waals surface area contributed by atoms with Gasteiger partial charge in [0.1, 0.15) is 5.75 Å². The van der Waals surface area contributed by atoms with Gasteiger partial charge in [0.05, 0.1) is 7.11 Å². The van der Waals surface area contributed by atoms with E-state index in [2.05, 4.69) is 10.3 Å². The number of ether oxygens (including phenoxy) is 1. The number of nitrogens with zero attached hydrogens (tertiary/aromatic N) is 1. The molecule has 0 amide bonds. The van der Waals surface area contributed by atoms with Crippen LogP contribution in [0.15, 0.2) is 23.2 Å². The maximum Gasteiger partial charge on any atom is 0.188 e. The van der Waals surface area contributed by atoms with Crippen molar-refractivity contribution in [1.82, 2.24) is 5.32 Å². The first-order valence-corrected chi connectivity index (χ1v) is 7.43. The Bertz CT molecular complexity index is 472. The predicted octanol–water partition coefficient (Wildman–Crippen LogP) is 2.60. The molecule has 0 atom stereocenters. The Morgan fingerprint density at radius 3 is 2.90 bits per heavy atom. The summed E-state index contributed by atoms with van der Waals surface area (Å²) in [6.45, 7) is 1.58. The minimum Gasteiger partial charge on any atom is -0.497 e. The van der Waals surface area contributed by atoms with Crippen molar-refractivity contribution >= 4 is 17.6 Å². The summed E-state index contributed by atoms with van der Waals surface area (Å²) in [6.07, 6.45) is 4.72. The molecule has 1 aromatic rings. The molecule has 20 heavy (non-hydrogen) atoms. The van der Waals surface area contributed by atoms with Gasteiger partial charge in [-0.25, -0.2) is 0 Å². The fourth-order valence-corrected chi connectivity index (χ4v) is 2.41. The number of hydrogen-bond acceptors (Lipinski definition) is 2. The molecular weight excluding hydrogens is 274 g/mol. The maximum absolute atomic E-state index is 6.18. The van der Waals surface area contributed by atoms with E-state index >= 15 is 0 Å². The summed E-state index contributed by atoms with van der Waals surface area (Å²) in [5, 5.41) is 3.85. The molecule has 1 saturated carbocycles. The Kier molecular flexibility index (Phi) is 5.53. The number of hydrogen-bond donors (Lipinski definition) is 2. The molecule has 0 unspecified atom stereocenters. The Morgan fingerprint density at radius 1 is 1.50 bits per heavy atom. The largest absolute Gasteiger partial charge is 0.497 e. The zero-order chi connectivity index (χ0) is 14.4. The summed E-state index contributed by atoms with van der Waals surface area (Å²) in [5.74, 6) is 2.04. The van der Waals surface area contributed by atoms with Gasteiger partial charge in [-0.05, 0) is 42.9 Å². The van der Waals surface area contributed by atoms with E-state index in [9.17, 15) is 0 Å². The first kappa shape index (κ1) is 15.0. The Hall–Kier alpha value is -1.42. The molecule has 5 heteroatoms. The average molecular weight is 296 g/mol. The number of halogens is 1. The number of aliphatic imine (C=N–C) groups is 1. The average Bonchev–Trinajstić information content (AvgIpc) is 2.38. The zero-order valence-corrected chi connectivity index (χ0v) is 12.6. The van der Waals surface area contributed by atoms with Gasteiger partial charge in [-0.3, -0.25) is 4.99 Å². The van der Waals surface area contributed by atoms with Gasteiger partial charge in [-0.15, -0.1) is 0 Å². The predicted molar refractivity (Wildman–Crippen MR) is 83.5 cm³/mol. The molecule has 0 heterocycles. The summed E-state index contributed by atoms with van der Waals surface area (Å²) in [7, 11) is 1.63. The van der Waals surface area contributed by atoms with Crippen LogP contribution in [-0.2, 0) is 6.42 Å². The molecule has 0 bridgehead atoms. The van der Waals surface area contributed by atoms with Crippen molar-refractivity contribution < 1.29 is 4.74 Å². The smallest absolute Gasteiger partial charge is 0.188 e. The highest BCUT2D eigenvalue weighted by molar-refractivity contribution is 6.31. The fraction of sp³-hybridized carbons (Fsp3) is 0.533. The maximum atomic E-state index is 6.18. The van der Waals surface area contributed by atoms with Crippen molar-refractivity contribution in [3.8, 4) is 5.75 Å². The summed E-state index contributed by atoms with van der Waals surface area (Å²) >= 11 is 6.18. The first-order valence-electron chi connectivity index (χ1n) is 7.05. The molecule has 0 radical (unpaired) electrons. The van der Waals surface area contributed by atoms with Crippen molar-refractivity contribution in [2.24, 2.45) is 16.6 Å². The number of guanidine groups is 1. The van der Waals surface area contributed by atoms with Gasteiger partial charge in [0.25, 0.3) is 0 Å². The van der Waals surface area contributed by atoms with Crippen LogP contribution in [0.5, 0.6) is 5.75 Å². The van der Waals surface area contributed by atoms with Gasteiger partial charge in [0, 0.05) is 18.1 Å². The van der Waals surface area contributed by atoms with Crippen LogP contribution in [0, 0.1) is 5.92 Å². The second kappa shape index (κ2) is 7.39. The Morgan fingerprint density at radius 2 is 2.30 bits per heavy atom. The second-order valence-electron chi connectivity index (χ2n) is 5.16. The van der Waals surface area contributed by atoms with Crippen LogP contribution in [0.4, 0.5) is 0 Å². The molecule has 0 saturated heterocycles. The van der Waals surface area contributed by atoms with Crippen LogP contribution < -0.4 is 15.8 Å². The lowest BCUT2D eigenvalue weighted by molar-refractivity contribution is 0.326. The standard InChI is InChI=1S/C15H22ClN3O/c1-20-13-6-5-12(14(16)9-13)7-8-18-15(17)19-10-11-3-2-4-11/h5-6,9,11H,2-4,7-8,10H2,1H3,(H3,17,18,19). The van der Waals surface area contributed by atoms with Crippen LogP contribution in [0.25, 0.3) is 0 Å². The van der Waals surface area contributed by atoms with E-state index in [1.54, 1.807) is 7.11 Å². The molecule has 1 fully saturated rings. The normalized spacial score (nSPS) is 15.8. The van der Waals surface area contributed by atoms with Crippen molar-refractivity contribution in [3.05, 3.63) is 28.8 Å². The van der Waals surface area contributed by atoms with Gasteiger partial charge < -0.3 is 15.8 Å². The molecule has 2 rings (SSSR count). The summed E-state index contributed by atoms with van der Waals surface area (Å²) < 4.78 is 5.12. The number of benzene rings is 1. The summed E-state index contributed by atoms with van der Waals surface area (Å²) in [5.41, 5.74) is 6.91. The topological polar surface area (TPSA) is 59.6 Å². The molecule has 1 aliphatic carbocycles. The van der Waals surface area contributed by atoms with E-state index in [1.807, 2.05) is 18.2 Å². The molecule has 1 aliphatic rings. The van der Waals surface area contributed by atoms with Gasteiger partial charge in [-0.2, -0.15) is 0 Å². The molecule has 0 aromatic heterocycles. The lowest BCUT2D eigenvalue weighted by Gasteiger charge is -2.23. The van der Waals surface area contributed by atoms with Crippen molar-refractivity contribution in [2.45, 2.75) is 25.7 Å². The highest BCUT2D eigenvalue weighted by Gasteiger charge is 2.16. The lowest BCUT2D eigenvalue weighted by atomic mass is 9.86. The highest BCUT2D eigenvalue weighted by atomic mass is 35.5. The third kappa shape index (κ3) is 4.30. The van der Waals surface area contributed by atoms with E-state index in [0.29, 0.717) is 5.96 Å². The van der Waals surface area contributed by atoms with Gasteiger partial charge in [-0.1, -0.05) is 24.1 Å². The lowest BCUT2D eigenvalue weighted by Crippen LogP contribution is -2.34. The molecule has 0 aliphatic heterocycles.